The lowest BCUT2D eigenvalue weighted by atomic mass is 9.70. The molecule has 0 aromatic rings. The number of nitrogens with one attached hydrogen (secondary N) is 1. The van der Waals surface area contributed by atoms with Crippen molar-refractivity contribution in [3.63, 3.8) is 0 Å². The number of rotatable bonds is 1. The average molecular weight is 223 g/mol. The molecule has 0 bridgehead atoms. The molecule has 1 saturated carbocycles. The quantitative estimate of drug-likeness (QED) is 0.740. The number of hydrogen-bond donors (Lipinski definition) is 1. The Morgan fingerprint density at radius 2 is 1.94 bits per heavy atom. The standard InChI is InChI=1S/C14H25NO/c1-9-7-10(2)14(13(16)8-9)12-6-4-5-11(3)15-12/h9-12,14-15H,4-8H2,1-3H3. The van der Waals surface area contributed by atoms with E-state index in [1.807, 2.05) is 0 Å². The molecule has 0 amide bonds. The van der Waals surface area contributed by atoms with E-state index in [0.717, 1.165) is 6.42 Å². The van der Waals surface area contributed by atoms with Gasteiger partial charge in [0.05, 0.1) is 0 Å². The van der Waals surface area contributed by atoms with E-state index < -0.39 is 0 Å². The van der Waals surface area contributed by atoms with Crippen molar-refractivity contribution in [3.05, 3.63) is 0 Å². The zero-order chi connectivity index (χ0) is 11.7. The number of hydrogen-bond acceptors (Lipinski definition) is 2. The zero-order valence-electron chi connectivity index (χ0n) is 10.8. The molecule has 2 heteroatoms. The molecule has 1 aliphatic carbocycles. The van der Waals surface area contributed by atoms with E-state index in [4.69, 9.17) is 0 Å². The van der Waals surface area contributed by atoms with Crippen LogP contribution in [0.3, 0.4) is 0 Å². The Labute approximate surface area is 99.2 Å². The first kappa shape index (κ1) is 12.1. The van der Waals surface area contributed by atoms with Crippen LogP contribution in [-0.4, -0.2) is 17.9 Å². The molecular formula is C14H25NO. The van der Waals surface area contributed by atoms with E-state index >= 15 is 0 Å². The van der Waals surface area contributed by atoms with Crippen molar-refractivity contribution in [2.75, 3.05) is 0 Å². The largest absolute Gasteiger partial charge is 0.311 e. The molecule has 0 radical (unpaired) electrons. The topological polar surface area (TPSA) is 29.1 Å². The summed E-state index contributed by atoms with van der Waals surface area (Å²) in [5.74, 6) is 1.97. The number of piperidine rings is 1. The van der Waals surface area contributed by atoms with Gasteiger partial charge in [0.15, 0.2) is 0 Å². The Kier molecular flexibility index (Phi) is 3.68. The van der Waals surface area contributed by atoms with Gasteiger partial charge in [-0.15, -0.1) is 0 Å². The van der Waals surface area contributed by atoms with Gasteiger partial charge >= 0.3 is 0 Å². The summed E-state index contributed by atoms with van der Waals surface area (Å²) in [6, 6.07) is 1.05. The maximum atomic E-state index is 12.2. The van der Waals surface area contributed by atoms with Crippen molar-refractivity contribution in [1.29, 1.82) is 0 Å². The Morgan fingerprint density at radius 3 is 2.56 bits per heavy atom. The van der Waals surface area contributed by atoms with E-state index in [1.165, 1.54) is 25.7 Å². The molecule has 16 heavy (non-hydrogen) atoms. The minimum atomic E-state index is 0.291. The molecule has 0 aromatic carbocycles. The van der Waals surface area contributed by atoms with Crippen LogP contribution < -0.4 is 5.32 Å². The van der Waals surface area contributed by atoms with Gasteiger partial charge in [0.1, 0.15) is 5.78 Å². The Hall–Kier alpha value is -0.370. The summed E-state index contributed by atoms with van der Waals surface area (Å²) < 4.78 is 0. The van der Waals surface area contributed by atoms with Gasteiger partial charge < -0.3 is 5.32 Å². The van der Waals surface area contributed by atoms with Crippen LogP contribution in [0, 0.1) is 17.8 Å². The van der Waals surface area contributed by atoms with E-state index in [0.29, 0.717) is 35.6 Å². The van der Waals surface area contributed by atoms with Crippen molar-refractivity contribution < 1.29 is 4.79 Å². The molecule has 1 aliphatic heterocycles. The lowest BCUT2D eigenvalue weighted by Gasteiger charge is -2.40. The Balaban J connectivity index is 2.04. The molecule has 1 N–H and O–H groups in total. The smallest absolute Gasteiger partial charge is 0.138 e. The van der Waals surface area contributed by atoms with Crippen LogP contribution in [0.5, 0.6) is 0 Å². The predicted molar refractivity (Wildman–Crippen MR) is 66.3 cm³/mol. The third-order valence-electron chi connectivity index (χ3n) is 4.39. The number of carbonyl (C=O) groups is 1. The molecule has 2 aliphatic rings. The fourth-order valence-electron chi connectivity index (χ4n) is 3.74. The highest BCUT2D eigenvalue weighted by Crippen LogP contribution is 2.35. The molecule has 0 spiro atoms. The first-order valence-corrected chi connectivity index (χ1v) is 6.86. The molecule has 0 aromatic heterocycles. The lowest BCUT2D eigenvalue weighted by Crippen LogP contribution is -2.51. The molecule has 5 atom stereocenters. The maximum Gasteiger partial charge on any atom is 0.138 e. The van der Waals surface area contributed by atoms with Gasteiger partial charge in [0.2, 0.25) is 0 Å². The number of ketones is 1. The monoisotopic (exact) mass is 223 g/mol. The minimum absolute atomic E-state index is 0.291. The molecular weight excluding hydrogens is 198 g/mol. The normalized spacial score (nSPS) is 45.7. The lowest BCUT2D eigenvalue weighted by molar-refractivity contribution is -0.129. The molecule has 2 nitrogen and oxygen atoms in total. The SMILES string of the molecule is CC1CC(=O)C(C2CCCC(C)N2)C(C)C1. The molecule has 92 valence electrons. The van der Waals surface area contributed by atoms with Crippen molar-refractivity contribution in [1.82, 2.24) is 5.32 Å². The third kappa shape index (κ3) is 2.48. The van der Waals surface area contributed by atoms with Gasteiger partial charge in [-0.2, -0.15) is 0 Å². The first-order valence-electron chi connectivity index (χ1n) is 6.86. The minimum Gasteiger partial charge on any atom is -0.311 e. The summed E-state index contributed by atoms with van der Waals surface area (Å²) >= 11 is 0. The predicted octanol–water partition coefficient (Wildman–Crippen LogP) is 2.77. The second-order valence-corrected chi connectivity index (χ2v) is 6.12. The van der Waals surface area contributed by atoms with Crippen LogP contribution in [0.15, 0.2) is 0 Å². The summed E-state index contributed by atoms with van der Waals surface area (Å²) in [5.41, 5.74) is 0. The van der Waals surface area contributed by atoms with Crippen LogP contribution in [0.1, 0.15) is 52.9 Å². The molecule has 1 heterocycles. The highest BCUT2D eigenvalue weighted by molar-refractivity contribution is 5.83. The Morgan fingerprint density at radius 1 is 1.19 bits per heavy atom. The summed E-state index contributed by atoms with van der Waals surface area (Å²) in [5, 5.41) is 3.64. The van der Waals surface area contributed by atoms with E-state index in [2.05, 4.69) is 26.1 Å². The molecule has 5 unspecified atom stereocenters. The van der Waals surface area contributed by atoms with E-state index in [1.54, 1.807) is 0 Å². The van der Waals surface area contributed by atoms with Crippen molar-refractivity contribution in [2.45, 2.75) is 65.0 Å². The van der Waals surface area contributed by atoms with Crippen LogP contribution in [0.25, 0.3) is 0 Å². The van der Waals surface area contributed by atoms with E-state index in [9.17, 15) is 4.79 Å². The highest BCUT2D eigenvalue weighted by atomic mass is 16.1. The van der Waals surface area contributed by atoms with Crippen LogP contribution in [-0.2, 0) is 4.79 Å². The van der Waals surface area contributed by atoms with Crippen LogP contribution in [0.2, 0.25) is 0 Å². The fourth-order valence-corrected chi connectivity index (χ4v) is 3.74. The van der Waals surface area contributed by atoms with Gasteiger partial charge in [-0.05, 0) is 38.0 Å². The van der Waals surface area contributed by atoms with E-state index in [-0.39, 0.29) is 0 Å². The van der Waals surface area contributed by atoms with Crippen LogP contribution in [0.4, 0.5) is 0 Å². The van der Waals surface area contributed by atoms with Gasteiger partial charge in [-0.3, -0.25) is 4.79 Å². The zero-order valence-corrected chi connectivity index (χ0v) is 10.8. The van der Waals surface area contributed by atoms with Gasteiger partial charge in [0.25, 0.3) is 0 Å². The fraction of sp³-hybridized carbons (Fsp3) is 0.929. The van der Waals surface area contributed by atoms with Gasteiger partial charge in [-0.1, -0.05) is 20.3 Å². The first-order chi connectivity index (χ1) is 7.58. The third-order valence-corrected chi connectivity index (χ3v) is 4.39. The number of carbonyl (C=O) groups excluding carboxylic acids is 1. The summed E-state index contributed by atoms with van der Waals surface area (Å²) in [7, 11) is 0. The Bertz CT molecular complexity index is 263. The highest BCUT2D eigenvalue weighted by Gasteiger charge is 2.38. The average Bonchev–Trinajstić information content (AvgIpc) is 2.15. The summed E-state index contributed by atoms with van der Waals surface area (Å²) in [6.45, 7) is 6.72. The maximum absolute atomic E-state index is 12.2. The summed E-state index contributed by atoms with van der Waals surface area (Å²) in [6.07, 6.45) is 5.77. The van der Waals surface area contributed by atoms with Gasteiger partial charge in [-0.25, -0.2) is 0 Å². The second-order valence-electron chi connectivity index (χ2n) is 6.12. The summed E-state index contributed by atoms with van der Waals surface area (Å²) in [4.78, 5) is 12.2. The second kappa shape index (κ2) is 4.87. The number of Topliss-reactive ketones (excluding diaryl/α,β-unsaturated/α-hetero) is 1. The molecule has 1 saturated heterocycles. The van der Waals surface area contributed by atoms with Crippen molar-refractivity contribution in [3.8, 4) is 0 Å². The van der Waals surface area contributed by atoms with Crippen LogP contribution >= 0.6 is 0 Å². The van der Waals surface area contributed by atoms with Gasteiger partial charge in [0, 0.05) is 24.4 Å². The van der Waals surface area contributed by atoms with Crippen molar-refractivity contribution in [2.24, 2.45) is 17.8 Å². The molecule has 2 rings (SSSR count). The molecule has 2 fully saturated rings. The van der Waals surface area contributed by atoms with Crippen molar-refractivity contribution >= 4 is 5.78 Å².